The number of hydrogen-bond donors (Lipinski definition) is 3. The summed E-state index contributed by atoms with van der Waals surface area (Å²) in [6.45, 7) is 3.29. The van der Waals surface area contributed by atoms with E-state index < -0.39 is 5.82 Å². The van der Waals surface area contributed by atoms with Crippen molar-refractivity contribution in [2.75, 3.05) is 18.0 Å². The van der Waals surface area contributed by atoms with Gasteiger partial charge in [-0.3, -0.25) is 20.1 Å². The summed E-state index contributed by atoms with van der Waals surface area (Å²) in [5.74, 6) is 0.0211. The van der Waals surface area contributed by atoms with Crippen molar-refractivity contribution in [3.63, 3.8) is 0 Å². The minimum absolute atomic E-state index is 0.222. The van der Waals surface area contributed by atoms with Gasteiger partial charge < -0.3 is 15.2 Å². The molecule has 9 nitrogen and oxygen atoms in total. The summed E-state index contributed by atoms with van der Waals surface area (Å²) in [6.07, 6.45) is 12.2. The Labute approximate surface area is 229 Å². The molecule has 10 heteroatoms. The van der Waals surface area contributed by atoms with Crippen molar-refractivity contribution in [2.24, 2.45) is 0 Å². The third kappa shape index (κ3) is 4.56. The molecule has 1 aromatic carbocycles. The monoisotopic (exact) mass is 533 g/mol. The zero-order valence-electron chi connectivity index (χ0n) is 21.9. The van der Waals surface area contributed by atoms with Gasteiger partial charge >= 0.3 is 0 Å². The molecule has 3 N–H and O–H groups in total. The number of piperidine rings is 1. The van der Waals surface area contributed by atoms with Crippen molar-refractivity contribution < 1.29 is 4.39 Å². The van der Waals surface area contributed by atoms with E-state index in [0.717, 1.165) is 54.8 Å². The Hall–Kier alpha value is -4.70. The molecule has 7 rings (SSSR count). The Kier molecular flexibility index (Phi) is 6.37. The summed E-state index contributed by atoms with van der Waals surface area (Å²) in [5.41, 5.74) is 6.47. The maximum atomic E-state index is 16.1. The van der Waals surface area contributed by atoms with Crippen molar-refractivity contribution in [2.45, 2.75) is 32.4 Å². The van der Waals surface area contributed by atoms with Crippen LogP contribution in [-0.2, 0) is 13.1 Å². The number of hydrogen-bond acceptors (Lipinski definition) is 7. The van der Waals surface area contributed by atoms with Crippen LogP contribution in [0.15, 0.2) is 67.4 Å². The molecule has 0 unspecified atom stereocenters. The minimum Gasteiger partial charge on any atom is -0.368 e. The fourth-order valence-electron chi connectivity index (χ4n) is 5.41. The van der Waals surface area contributed by atoms with E-state index in [1.807, 2.05) is 30.5 Å². The molecule has 0 atom stereocenters. The molecule has 1 saturated heterocycles. The molecule has 0 bridgehead atoms. The number of halogens is 1. The van der Waals surface area contributed by atoms with Crippen molar-refractivity contribution in [1.29, 1.82) is 0 Å². The van der Waals surface area contributed by atoms with Crippen LogP contribution in [0.25, 0.3) is 44.7 Å². The topological polar surface area (TPSA) is 111 Å². The smallest absolute Gasteiger partial charge is 0.161 e. The van der Waals surface area contributed by atoms with Crippen LogP contribution in [0, 0.1) is 5.82 Å². The van der Waals surface area contributed by atoms with E-state index in [0.29, 0.717) is 34.5 Å². The quantitative estimate of drug-likeness (QED) is 0.253. The van der Waals surface area contributed by atoms with E-state index >= 15 is 4.39 Å². The average molecular weight is 534 g/mol. The number of benzene rings is 1. The molecule has 5 aromatic heterocycles. The molecule has 0 spiro atoms. The van der Waals surface area contributed by atoms with Crippen molar-refractivity contribution in [1.82, 2.24) is 40.4 Å². The van der Waals surface area contributed by atoms with Gasteiger partial charge in [0.05, 0.1) is 40.7 Å². The second-order valence-electron chi connectivity index (χ2n) is 10.1. The predicted molar refractivity (Wildman–Crippen MR) is 153 cm³/mol. The summed E-state index contributed by atoms with van der Waals surface area (Å²) < 4.78 is 16.1. The van der Waals surface area contributed by atoms with Gasteiger partial charge in [0.1, 0.15) is 16.9 Å². The number of pyridine rings is 3. The first-order chi connectivity index (χ1) is 19.7. The zero-order valence-corrected chi connectivity index (χ0v) is 21.9. The van der Waals surface area contributed by atoms with Gasteiger partial charge in [0.2, 0.25) is 0 Å². The molecule has 0 amide bonds. The van der Waals surface area contributed by atoms with Gasteiger partial charge in [-0.05, 0) is 36.5 Å². The first-order valence-corrected chi connectivity index (χ1v) is 13.5. The SMILES string of the molecule is Fc1c(-c2cncc(CNCc3ccccc3)c2)ncc2[nH]nc(-c3nc4c(N5CCCCC5)cncc4[nH]3)c12. The van der Waals surface area contributed by atoms with Crippen LogP contribution in [0.5, 0.6) is 0 Å². The van der Waals surface area contributed by atoms with Gasteiger partial charge in [0.25, 0.3) is 0 Å². The molecule has 0 saturated carbocycles. The zero-order chi connectivity index (χ0) is 26.9. The maximum absolute atomic E-state index is 16.1. The summed E-state index contributed by atoms with van der Waals surface area (Å²) in [7, 11) is 0. The van der Waals surface area contributed by atoms with E-state index in [-0.39, 0.29) is 5.69 Å². The Bertz CT molecular complexity index is 1790. The maximum Gasteiger partial charge on any atom is 0.161 e. The van der Waals surface area contributed by atoms with Crippen LogP contribution >= 0.6 is 0 Å². The lowest BCUT2D eigenvalue weighted by Gasteiger charge is -2.28. The van der Waals surface area contributed by atoms with Crippen LogP contribution in [0.4, 0.5) is 10.1 Å². The summed E-state index contributed by atoms with van der Waals surface area (Å²) in [4.78, 5) is 23.7. The Morgan fingerprint density at radius 3 is 2.55 bits per heavy atom. The van der Waals surface area contributed by atoms with Crippen LogP contribution < -0.4 is 10.2 Å². The molecule has 1 fully saturated rings. The highest BCUT2D eigenvalue weighted by atomic mass is 19.1. The van der Waals surface area contributed by atoms with Gasteiger partial charge in [-0.2, -0.15) is 5.10 Å². The van der Waals surface area contributed by atoms with Crippen molar-refractivity contribution >= 4 is 27.6 Å². The number of imidazole rings is 1. The van der Waals surface area contributed by atoms with Crippen LogP contribution in [0.3, 0.4) is 0 Å². The van der Waals surface area contributed by atoms with E-state index in [2.05, 4.69) is 52.5 Å². The molecule has 200 valence electrons. The van der Waals surface area contributed by atoms with E-state index in [9.17, 15) is 0 Å². The molecular formula is C30H28FN9. The molecular weight excluding hydrogens is 505 g/mol. The second kappa shape index (κ2) is 10.5. The first-order valence-electron chi connectivity index (χ1n) is 13.5. The van der Waals surface area contributed by atoms with Crippen LogP contribution in [0.1, 0.15) is 30.4 Å². The number of nitrogens with zero attached hydrogens (tertiary/aromatic N) is 6. The van der Waals surface area contributed by atoms with Crippen LogP contribution in [0.2, 0.25) is 0 Å². The lowest BCUT2D eigenvalue weighted by atomic mass is 10.1. The molecule has 6 aromatic rings. The molecule has 6 heterocycles. The second-order valence-corrected chi connectivity index (χ2v) is 10.1. The Morgan fingerprint density at radius 1 is 0.850 bits per heavy atom. The summed E-state index contributed by atoms with van der Waals surface area (Å²) in [6, 6.07) is 12.1. The molecule has 0 radical (unpaired) electrons. The molecule has 1 aliphatic rings. The highest BCUT2D eigenvalue weighted by Crippen LogP contribution is 2.34. The number of H-pyrrole nitrogens is 2. The van der Waals surface area contributed by atoms with Gasteiger partial charge in [-0.1, -0.05) is 30.3 Å². The lowest BCUT2D eigenvalue weighted by Crippen LogP contribution is -2.29. The molecule has 40 heavy (non-hydrogen) atoms. The molecule has 0 aliphatic carbocycles. The Balaban J connectivity index is 1.21. The lowest BCUT2D eigenvalue weighted by molar-refractivity contribution is 0.578. The van der Waals surface area contributed by atoms with E-state index in [4.69, 9.17) is 4.98 Å². The van der Waals surface area contributed by atoms with Gasteiger partial charge in [-0.15, -0.1) is 0 Å². The highest BCUT2D eigenvalue weighted by molar-refractivity contribution is 5.97. The standard InChI is InChI=1S/C30H28FN9/c31-26-25-22(17-35-27(26)21-11-20(14-33-15-21)13-32-12-19-7-3-1-4-8-19)38-39-29(25)30-36-23-16-34-18-24(28(23)37-30)40-9-5-2-6-10-40/h1,3-4,7-8,11,14-18,32H,2,5-6,9-10,12-13H2,(H,36,37)(H,38,39). The fourth-order valence-corrected chi connectivity index (χ4v) is 5.41. The number of anilines is 1. The highest BCUT2D eigenvalue weighted by Gasteiger charge is 2.22. The third-order valence-electron chi connectivity index (χ3n) is 7.41. The average Bonchev–Trinajstić information content (AvgIpc) is 3.63. The van der Waals surface area contributed by atoms with E-state index in [1.165, 1.54) is 12.0 Å². The van der Waals surface area contributed by atoms with Gasteiger partial charge in [0, 0.05) is 44.1 Å². The summed E-state index contributed by atoms with van der Waals surface area (Å²) in [5, 5.41) is 11.1. The van der Waals surface area contributed by atoms with Crippen molar-refractivity contribution in [3.05, 3.63) is 84.3 Å². The van der Waals surface area contributed by atoms with Gasteiger partial charge in [-0.25, -0.2) is 9.37 Å². The minimum atomic E-state index is -0.465. The third-order valence-corrected chi connectivity index (χ3v) is 7.41. The van der Waals surface area contributed by atoms with Gasteiger partial charge in [0.15, 0.2) is 11.6 Å². The normalized spacial score (nSPS) is 13.9. The van der Waals surface area contributed by atoms with Crippen LogP contribution in [-0.4, -0.2) is 48.2 Å². The predicted octanol–water partition coefficient (Wildman–Crippen LogP) is 5.38. The summed E-state index contributed by atoms with van der Waals surface area (Å²) >= 11 is 0. The number of nitrogens with one attached hydrogen (secondary N) is 3. The number of aromatic amines is 2. The number of fused-ring (bicyclic) bond motifs is 2. The Morgan fingerprint density at radius 2 is 1.68 bits per heavy atom. The molecule has 1 aliphatic heterocycles. The van der Waals surface area contributed by atoms with E-state index in [1.54, 1.807) is 24.8 Å². The number of aromatic nitrogens is 7. The fraction of sp³-hybridized carbons (Fsp3) is 0.233. The van der Waals surface area contributed by atoms with Crippen molar-refractivity contribution in [3.8, 4) is 22.8 Å². The number of rotatable bonds is 7. The largest absolute Gasteiger partial charge is 0.368 e. The first kappa shape index (κ1) is 24.3.